The highest BCUT2D eigenvalue weighted by molar-refractivity contribution is 6.01. The fourth-order valence-corrected chi connectivity index (χ4v) is 8.37. The van der Waals surface area contributed by atoms with Gasteiger partial charge in [0.05, 0.1) is 12.7 Å². The number of aliphatic hydroxyl groups excluding tert-OH is 1. The molecule has 0 aromatic rings. The van der Waals surface area contributed by atoms with Crippen LogP contribution in [0.4, 0.5) is 0 Å². The third-order valence-electron chi connectivity index (χ3n) is 9.69. The summed E-state index contributed by atoms with van der Waals surface area (Å²) in [6.07, 6.45) is 9.38. The van der Waals surface area contributed by atoms with E-state index in [9.17, 15) is 19.5 Å². The zero-order valence-electron chi connectivity index (χ0n) is 19.8. The molecule has 3 saturated carbocycles. The number of Topliss-reactive ketones (excluding diaryl/α,β-unsaturated/α-hetero) is 1. The van der Waals surface area contributed by atoms with Crippen LogP contribution in [-0.4, -0.2) is 59.1 Å². The molecule has 5 rings (SSSR count). The maximum Gasteiger partial charge on any atom is 0.303 e. The number of hydrogen-bond donors (Lipinski definition) is 1. The van der Waals surface area contributed by atoms with E-state index >= 15 is 0 Å². The number of esters is 1. The molecule has 1 heterocycles. The lowest BCUT2D eigenvalue weighted by Gasteiger charge is -2.61. The molecular formula is C26H35NO6. The standard InChI is InChI=1S/C26H35NO6/c1-16(28)32-15-22(31)26(27-11-4-12-33-27)10-8-20-19-6-5-17-13-18(29)7-9-24(17,2)23(19)21(30)14-25(20,26)3/h7,9,13,19-21,23,30H,4-6,8,10-12,14-15H2,1-3H3/t19-,20-,21-,23+,24-,25-,26-/m0/s1. The molecule has 7 heteroatoms. The molecule has 4 fully saturated rings. The van der Waals surface area contributed by atoms with Crippen LogP contribution in [0.15, 0.2) is 23.8 Å². The number of allylic oxidation sites excluding steroid dienone is 4. The first-order valence-corrected chi connectivity index (χ1v) is 12.3. The van der Waals surface area contributed by atoms with Crippen LogP contribution in [0.3, 0.4) is 0 Å². The molecule has 1 saturated heterocycles. The molecule has 0 amide bonds. The summed E-state index contributed by atoms with van der Waals surface area (Å²) in [6.45, 7) is 6.58. The molecular weight excluding hydrogens is 422 g/mol. The summed E-state index contributed by atoms with van der Waals surface area (Å²) < 4.78 is 5.17. The third kappa shape index (κ3) is 3.15. The number of hydroxylamine groups is 2. The minimum atomic E-state index is -0.912. The number of carbonyl (C=O) groups is 3. The van der Waals surface area contributed by atoms with E-state index in [1.165, 1.54) is 6.92 Å². The Morgan fingerprint density at radius 3 is 2.79 bits per heavy atom. The van der Waals surface area contributed by atoms with Gasteiger partial charge in [0.25, 0.3) is 0 Å². The molecule has 0 unspecified atom stereocenters. The Morgan fingerprint density at radius 2 is 2.09 bits per heavy atom. The molecule has 0 bridgehead atoms. The van der Waals surface area contributed by atoms with Crippen LogP contribution < -0.4 is 0 Å². The number of carbonyl (C=O) groups excluding carboxylic acids is 3. The molecule has 5 aliphatic rings. The minimum absolute atomic E-state index is 0.0128. The predicted octanol–water partition coefficient (Wildman–Crippen LogP) is 2.77. The Morgan fingerprint density at radius 1 is 1.30 bits per heavy atom. The summed E-state index contributed by atoms with van der Waals surface area (Å²) in [5.74, 6) is -0.0778. The van der Waals surface area contributed by atoms with Crippen LogP contribution in [0.5, 0.6) is 0 Å². The van der Waals surface area contributed by atoms with Crippen molar-refractivity contribution in [2.45, 2.75) is 70.9 Å². The van der Waals surface area contributed by atoms with Crippen LogP contribution in [0.25, 0.3) is 0 Å². The summed E-state index contributed by atoms with van der Waals surface area (Å²) in [5.41, 5.74) is -0.627. The number of rotatable bonds is 4. The fourth-order valence-electron chi connectivity index (χ4n) is 8.37. The van der Waals surface area contributed by atoms with Crippen LogP contribution in [-0.2, 0) is 24.0 Å². The lowest BCUT2D eigenvalue weighted by Crippen LogP contribution is -2.67. The lowest BCUT2D eigenvalue weighted by molar-refractivity contribution is -0.234. The summed E-state index contributed by atoms with van der Waals surface area (Å²) in [4.78, 5) is 43.3. The van der Waals surface area contributed by atoms with Gasteiger partial charge in [-0.1, -0.05) is 25.5 Å². The molecule has 0 spiro atoms. The van der Waals surface area contributed by atoms with Crippen LogP contribution in [0.1, 0.15) is 59.3 Å². The highest BCUT2D eigenvalue weighted by atomic mass is 16.7. The van der Waals surface area contributed by atoms with Crippen molar-refractivity contribution in [3.05, 3.63) is 23.8 Å². The molecule has 7 atom stereocenters. The highest BCUT2D eigenvalue weighted by Crippen LogP contribution is 2.68. The van der Waals surface area contributed by atoms with Crippen molar-refractivity contribution in [3.63, 3.8) is 0 Å². The van der Waals surface area contributed by atoms with Gasteiger partial charge in [-0.25, -0.2) is 0 Å². The van der Waals surface area contributed by atoms with Crippen molar-refractivity contribution in [1.29, 1.82) is 0 Å². The number of ketones is 2. The largest absolute Gasteiger partial charge is 0.458 e. The summed E-state index contributed by atoms with van der Waals surface area (Å²) in [6, 6.07) is 0. The van der Waals surface area contributed by atoms with Gasteiger partial charge < -0.3 is 9.84 Å². The first kappa shape index (κ1) is 22.9. The number of aliphatic hydroxyl groups is 1. The van der Waals surface area contributed by atoms with E-state index in [1.807, 2.05) is 11.1 Å². The number of ether oxygens (including phenoxy) is 1. The molecule has 0 aromatic heterocycles. The quantitative estimate of drug-likeness (QED) is 0.649. The van der Waals surface area contributed by atoms with Crippen molar-refractivity contribution in [2.75, 3.05) is 19.8 Å². The maximum absolute atomic E-state index is 13.8. The molecule has 0 radical (unpaired) electrons. The monoisotopic (exact) mass is 457 g/mol. The van der Waals surface area contributed by atoms with Crippen molar-refractivity contribution < 1.29 is 29.1 Å². The van der Waals surface area contributed by atoms with Crippen LogP contribution >= 0.6 is 0 Å². The molecule has 1 N–H and O–H groups in total. The SMILES string of the molecule is CC(=O)OCC(=O)[C@@]1(N2CCCO2)CC[C@H]2[C@@H]3CCC4=CC(=O)C=C[C@]4(C)[C@H]3[C@@H](O)C[C@@]21C. The first-order chi connectivity index (χ1) is 15.6. The Bertz CT molecular complexity index is 935. The molecule has 1 aliphatic heterocycles. The number of hydrogen-bond acceptors (Lipinski definition) is 7. The van der Waals surface area contributed by atoms with E-state index in [-0.39, 0.29) is 41.3 Å². The number of nitrogens with zero attached hydrogens (tertiary/aromatic N) is 1. The molecule has 180 valence electrons. The van der Waals surface area contributed by atoms with Crippen molar-refractivity contribution in [3.8, 4) is 0 Å². The smallest absolute Gasteiger partial charge is 0.303 e. The second-order valence-electron chi connectivity index (χ2n) is 11.1. The average Bonchev–Trinajstić information content (AvgIpc) is 3.38. The topological polar surface area (TPSA) is 93.1 Å². The average molecular weight is 458 g/mol. The van der Waals surface area contributed by atoms with Gasteiger partial charge in [-0.2, -0.15) is 5.06 Å². The Kier molecular flexibility index (Phi) is 5.46. The normalized spacial score (nSPS) is 44.6. The zero-order chi connectivity index (χ0) is 23.6. The van der Waals surface area contributed by atoms with Gasteiger partial charge in [-0.15, -0.1) is 0 Å². The van der Waals surface area contributed by atoms with Gasteiger partial charge in [-0.3, -0.25) is 19.2 Å². The van der Waals surface area contributed by atoms with Crippen molar-refractivity contribution in [2.24, 2.45) is 28.6 Å². The van der Waals surface area contributed by atoms with Gasteiger partial charge in [0, 0.05) is 30.2 Å². The van der Waals surface area contributed by atoms with Crippen LogP contribution in [0.2, 0.25) is 0 Å². The van der Waals surface area contributed by atoms with Gasteiger partial charge >= 0.3 is 5.97 Å². The zero-order valence-corrected chi connectivity index (χ0v) is 19.8. The van der Waals surface area contributed by atoms with E-state index in [0.717, 1.165) is 31.3 Å². The predicted molar refractivity (Wildman–Crippen MR) is 120 cm³/mol. The Labute approximate surface area is 195 Å². The lowest BCUT2D eigenvalue weighted by atomic mass is 9.45. The minimum Gasteiger partial charge on any atom is -0.458 e. The van der Waals surface area contributed by atoms with E-state index < -0.39 is 23.0 Å². The van der Waals surface area contributed by atoms with E-state index in [1.54, 1.807) is 12.2 Å². The van der Waals surface area contributed by atoms with Gasteiger partial charge in [0.2, 0.25) is 0 Å². The van der Waals surface area contributed by atoms with Gasteiger partial charge in [0.15, 0.2) is 18.2 Å². The Balaban J connectivity index is 1.54. The molecule has 0 aromatic carbocycles. The number of fused-ring (bicyclic) bond motifs is 5. The van der Waals surface area contributed by atoms with Crippen LogP contribution in [0, 0.1) is 28.6 Å². The van der Waals surface area contributed by atoms with Gasteiger partial charge in [-0.05, 0) is 62.5 Å². The van der Waals surface area contributed by atoms with Crippen molar-refractivity contribution >= 4 is 17.5 Å². The molecule has 33 heavy (non-hydrogen) atoms. The van der Waals surface area contributed by atoms with E-state index in [4.69, 9.17) is 9.57 Å². The fraction of sp³-hybridized carbons (Fsp3) is 0.731. The molecule has 7 nitrogen and oxygen atoms in total. The van der Waals surface area contributed by atoms with E-state index in [2.05, 4.69) is 13.8 Å². The highest BCUT2D eigenvalue weighted by Gasteiger charge is 2.70. The third-order valence-corrected chi connectivity index (χ3v) is 9.69. The van der Waals surface area contributed by atoms with Crippen molar-refractivity contribution in [1.82, 2.24) is 5.06 Å². The first-order valence-electron chi connectivity index (χ1n) is 12.3. The molecule has 4 aliphatic carbocycles. The summed E-state index contributed by atoms with van der Waals surface area (Å²) >= 11 is 0. The second-order valence-corrected chi connectivity index (χ2v) is 11.1. The summed E-state index contributed by atoms with van der Waals surface area (Å²) in [5, 5.41) is 13.5. The summed E-state index contributed by atoms with van der Waals surface area (Å²) in [7, 11) is 0. The second kappa shape index (κ2) is 7.85. The Hall–Kier alpha value is -1.83. The van der Waals surface area contributed by atoms with E-state index in [0.29, 0.717) is 26.0 Å². The maximum atomic E-state index is 13.8. The van der Waals surface area contributed by atoms with Gasteiger partial charge in [0.1, 0.15) is 5.54 Å².